The zero-order valence-corrected chi connectivity index (χ0v) is 14.8. The molecule has 2 atom stereocenters. The molecule has 2 aromatic rings. The third kappa shape index (κ3) is 2.92. The SMILES string of the molecule is Cc1csc([C@H]2CCCCN2C(=O)[C@H]2Cc3ccccc3S2)n1. The second-order valence-electron chi connectivity index (χ2n) is 6.29. The standard InChI is InChI=1S/C18H20N2OS2/c1-12-11-22-17(19-12)14-7-4-5-9-20(14)18(21)16-10-13-6-2-3-8-15(13)23-16/h2-3,6,8,11,14,16H,4-5,7,9-10H2,1H3/t14-,16-/m1/s1. The minimum atomic E-state index is 0.0362. The number of aryl methyl sites for hydroxylation is 1. The number of piperidine rings is 1. The van der Waals surface area contributed by atoms with Crippen molar-refractivity contribution in [2.24, 2.45) is 0 Å². The van der Waals surface area contributed by atoms with E-state index in [2.05, 4.69) is 39.5 Å². The number of benzene rings is 1. The largest absolute Gasteiger partial charge is 0.332 e. The van der Waals surface area contributed by atoms with Crippen LogP contribution < -0.4 is 0 Å². The van der Waals surface area contributed by atoms with E-state index >= 15 is 0 Å². The van der Waals surface area contributed by atoms with Crippen LogP contribution in [0.1, 0.15) is 41.6 Å². The lowest BCUT2D eigenvalue weighted by atomic mass is 10.0. The molecule has 23 heavy (non-hydrogen) atoms. The number of carbonyl (C=O) groups excluding carboxylic acids is 1. The van der Waals surface area contributed by atoms with Crippen molar-refractivity contribution < 1.29 is 4.79 Å². The maximum Gasteiger partial charge on any atom is 0.236 e. The molecule has 0 saturated carbocycles. The van der Waals surface area contributed by atoms with E-state index in [0.29, 0.717) is 5.91 Å². The fourth-order valence-corrected chi connectivity index (χ4v) is 5.69. The Bertz CT molecular complexity index is 702. The van der Waals surface area contributed by atoms with Crippen molar-refractivity contribution in [3.63, 3.8) is 0 Å². The first-order valence-corrected chi connectivity index (χ1v) is 9.95. The fraction of sp³-hybridized carbons (Fsp3) is 0.444. The topological polar surface area (TPSA) is 33.2 Å². The Balaban J connectivity index is 1.55. The molecule has 0 N–H and O–H groups in total. The van der Waals surface area contributed by atoms with Crippen molar-refractivity contribution in [3.8, 4) is 0 Å². The number of amides is 1. The van der Waals surface area contributed by atoms with Gasteiger partial charge in [0.25, 0.3) is 0 Å². The molecule has 0 unspecified atom stereocenters. The summed E-state index contributed by atoms with van der Waals surface area (Å²) in [4.78, 5) is 21.2. The number of likely N-dealkylation sites (tertiary alicyclic amines) is 1. The highest BCUT2D eigenvalue weighted by Gasteiger charge is 2.36. The van der Waals surface area contributed by atoms with Gasteiger partial charge in [-0.3, -0.25) is 4.79 Å². The van der Waals surface area contributed by atoms with Crippen LogP contribution in [-0.2, 0) is 11.2 Å². The second-order valence-corrected chi connectivity index (χ2v) is 8.42. The lowest BCUT2D eigenvalue weighted by molar-refractivity contribution is -0.134. The molecule has 0 bridgehead atoms. The summed E-state index contributed by atoms with van der Waals surface area (Å²) in [5.74, 6) is 0.295. The summed E-state index contributed by atoms with van der Waals surface area (Å²) in [6.07, 6.45) is 4.20. The summed E-state index contributed by atoms with van der Waals surface area (Å²) in [6, 6.07) is 8.58. The number of thiazole rings is 1. The summed E-state index contributed by atoms with van der Waals surface area (Å²) in [5.41, 5.74) is 2.38. The maximum absolute atomic E-state index is 13.1. The highest BCUT2D eigenvalue weighted by atomic mass is 32.2. The third-order valence-electron chi connectivity index (χ3n) is 4.63. The molecule has 120 valence electrons. The van der Waals surface area contributed by atoms with Gasteiger partial charge in [0.05, 0.1) is 11.3 Å². The van der Waals surface area contributed by atoms with Crippen molar-refractivity contribution in [3.05, 3.63) is 45.9 Å². The number of hydrogen-bond acceptors (Lipinski definition) is 4. The lowest BCUT2D eigenvalue weighted by Crippen LogP contribution is -2.43. The number of fused-ring (bicyclic) bond motifs is 1. The number of rotatable bonds is 2. The molecule has 3 nitrogen and oxygen atoms in total. The van der Waals surface area contributed by atoms with Crippen LogP contribution in [0.2, 0.25) is 0 Å². The normalized spacial score (nSPS) is 23.8. The van der Waals surface area contributed by atoms with Crippen LogP contribution >= 0.6 is 23.1 Å². The average Bonchev–Trinajstić information content (AvgIpc) is 3.20. The van der Waals surface area contributed by atoms with E-state index in [1.165, 1.54) is 16.9 Å². The average molecular weight is 345 g/mol. The van der Waals surface area contributed by atoms with Crippen molar-refractivity contribution in [1.82, 2.24) is 9.88 Å². The van der Waals surface area contributed by atoms with Crippen LogP contribution in [0.15, 0.2) is 34.5 Å². The van der Waals surface area contributed by atoms with Crippen LogP contribution in [0.25, 0.3) is 0 Å². The molecule has 2 aliphatic heterocycles. The van der Waals surface area contributed by atoms with E-state index in [1.807, 2.05) is 6.92 Å². The molecular formula is C18H20N2OS2. The monoisotopic (exact) mass is 344 g/mol. The summed E-state index contributed by atoms with van der Waals surface area (Å²) >= 11 is 3.43. The Morgan fingerprint density at radius 3 is 2.96 bits per heavy atom. The van der Waals surface area contributed by atoms with Crippen LogP contribution in [0, 0.1) is 6.92 Å². The predicted molar refractivity (Wildman–Crippen MR) is 94.9 cm³/mol. The molecule has 0 aliphatic carbocycles. The van der Waals surface area contributed by atoms with Gasteiger partial charge in [0, 0.05) is 22.5 Å². The zero-order valence-electron chi connectivity index (χ0n) is 13.2. The highest BCUT2D eigenvalue weighted by Crippen LogP contribution is 2.40. The van der Waals surface area contributed by atoms with Gasteiger partial charge in [-0.05, 0) is 44.2 Å². The highest BCUT2D eigenvalue weighted by molar-refractivity contribution is 8.01. The van der Waals surface area contributed by atoms with Gasteiger partial charge in [-0.25, -0.2) is 4.98 Å². The van der Waals surface area contributed by atoms with Crippen molar-refractivity contribution in [2.75, 3.05) is 6.54 Å². The molecule has 0 radical (unpaired) electrons. The Kier molecular flexibility index (Phi) is 4.16. The van der Waals surface area contributed by atoms with E-state index < -0.39 is 0 Å². The molecule has 3 heterocycles. The van der Waals surface area contributed by atoms with Crippen LogP contribution in [-0.4, -0.2) is 27.6 Å². The first-order valence-electron chi connectivity index (χ1n) is 8.19. The van der Waals surface area contributed by atoms with E-state index in [4.69, 9.17) is 0 Å². The quantitative estimate of drug-likeness (QED) is 0.818. The zero-order chi connectivity index (χ0) is 15.8. The van der Waals surface area contributed by atoms with Crippen molar-refractivity contribution in [1.29, 1.82) is 0 Å². The molecule has 1 fully saturated rings. The van der Waals surface area contributed by atoms with Gasteiger partial charge in [0.1, 0.15) is 5.01 Å². The summed E-state index contributed by atoms with van der Waals surface area (Å²) in [7, 11) is 0. The maximum atomic E-state index is 13.1. The van der Waals surface area contributed by atoms with E-state index in [9.17, 15) is 4.79 Å². The summed E-state index contributed by atoms with van der Waals surface area (Å²) < 4.78 is 0. The minimum Gasteiger partial charge on any atom is -0.332 e. The van der Waals surface area contributed by atoms with E-state index in [1.54, 1.807) is 23.1 Å². The van der Waals surface area contributed by atoms with Gasteiger partial charge in [0.2, 0.25) is 5.91 Å². The molecule has 1 aromatic heterocycles. The summed E-state index contributed by atoms with van der Waals surface area (Å²) in [6.45, 7) is 2.90. The van der Waals surface area contributed by atoms with Crippen LogP contribution in [0.5, 0.6) is 0 Å². The number of hydrogen-bond donors (Lipinski definition) is 0. The minimum absolute atomic E-state index is 0.0362. The smallest absolute Gasteiger partial charge is 0.236 e. The Morgan fingerprint density at radius 2 is 2.17 bits per heavy atom. The van der Waals surface area contributed by atoms with E-state index in [-0.39, 0.29) is 11.3 Å². The Morgan fingerprint density at radius 1 is 1.30 bits per heavy atom. The number of thioether (sulfide) groups is 1. The second kappa shape index (κ2) is 6.29. The molecule has 1 aromatic carbocycles. The van der Waals surface area contributed by atoms with Gasteiger partial charge in [-0.15, -0.1) is 23.1 Å². The number of nitrogens with zero attached hydrogens (tertiary/aromatic N) is 2. The van der Waals surface area contributed by atoms with Gasteiger partial charge in [-0.1, -0.05) is 18.2 Å². The van der Waals surface area contributed by atoms with Gasteiger partial charge < -0.3 is 4.90 Å². The molecule has 4 rings (SSSR count). The molecule has 1 saturated heterocycles. The number of carbonyl (C=O) groups is 1. The van der Waals surface area contributed by atoms with Crippen molar-refractivity contribution in [2.45, 2.75) is 48.8 Å². The fourth-order valence-electron chi connectivity index (χ4n) is 3.48. The van der Waals surface area contributed by atoms with Crippen LogP contribution in [0.3, 0.4) is 0 Å². The van der Waals surface area contributed by atoms with E-state index in [0.717, 1.165) is 36.5 Å². The summed E-state index contributed by atoms with van der Waals surface area (Å²) in [5, 5.41) is 3.23. The Labute approximate surface area is 145 Å². The third-order valence-corrected chi connectivity index (χ3v) is 7.00. The molecular weight excluding hydrogens is 324 g/mol. The Hall–Kier alpha value is -1.33. The predicted octanol–water partition coefficient (Wildman–Crippen LogP) is 4.22. The van der Waals surface area contributed by atoms with Gasteiger partial charge in [0.15, 0.2) is 0 Å². The molecule has 2 aliphatic rings. The first kappa shape index (κ1) is 15.2. The molecule has 1 amide bonds. The van der Waals surface area contributed by atoms with Crippen LogP contribution in [0.4, 0.5) is 0 Å². The first-order chi connectivity index (χ1) is 11.2. The number of aromatic nitrogens is 1. The van der Waals surface area contributed by atoms with Gasteiger partial charge >= 0.3 is 0 Å². The van der Waals surface area contributed by atoms with Gasteiger partial charge in [-0.2, -0.15) is 0 Å². The van der Waals surface area contributed by atoms with Crippen molar-refractivity contribution >= 4 is 29.0 Å². The lowest BCUT2D eigenvalue weighted by Gasteiger charge is -2.36. The molecule has 5 heteroatoms. The molecule has 0 spiro atoms.